The van der Waals surface area contributed by atoms with Crippen molar-refractivity contribution >= 4 is 5.97 Å². The first-order valence-electron chi connectivity index (χ1n) is 4.19. The molecule has 15 heavy (non-hydrogen) atoms. The van der Waals surface area contributed by atoms with Crippen molar-refractivity contribution in [1.29, 1.82) is 5.26 Å². The molecule has 1 rings (SSSR count). The molecule has 5 heteroatoms. The van der Waals surface area contributed by atoms with Crippen molar-refractivity contribution in [3.05, 3.63) is 28.8 Å². The molecule has 1 aromatic carbocycles. The summed E-state index contributed by atoms with van der Waals surface area (Å²) in [5, 5.41) is 17.8. The number of nitrogens with zero attached hydrogens (tertiary/aromatic N) is 1. The number of hydrogen-bond donors (Lipinski definition) is 2. The van der Waals surface area contributed by atoms with Crippen LogP contribution in [0.15, 0.2) is 12.1 Å². The number of carboxylic acids is 1. The molecular formula is C10H10N2O3. The number of nitriles is 1. The van der Waals surface area contributed by atoms with Crippen LogP contribution in [0, 0.1) is 11.3 Å². The number of aromatic carboxylic acids is 1. The van der Waals surface area contributed by atoms with Crippen LogP contribution in [0.25, 0.3) is 0 Å². The molecule has 3 N–H and O–H groups in total. The van der Waals surface area contributed by atoms with Gasteiger partial charge < -0.3 is 15.6 Å². The lowest BCUT2D eigenvalue weighted by Gasteiger charge is -2.09. The third-order valence-electron chi connectivity index (χ3n) is 2.02. The Kier molecular flexibility index (Phi) is 3.26. The minimum Gasteiger partial charge on any atom is -0.496 e. The van der Waals surface area contributed by atoms with E-state index in [0.717, 1.165) is 0 Å². The maximum Gasteiger partial charge on any atom is 0.340 e. The fourth-order valence-electron chi connectivity index (χ4n) is 1.31. The molecule has 0 fully saturated rings. The number of nitrogens with two attached hydrogens (primary N) is 1. The van der Waals surface area contributed by atoms with E-state index in [1.165, 1.54) is 13.2 Å². The quantitative estimate of drug-likeness (QED) is 0.759. The van der Waals surface area contributed by atoms with Crippen LogP contribution in [0.4, 0.5) is 0 Å². The molecule has 0 heterocycles. The molecule has 0 unspecified atom stereocenters. The summed E-state index contributed by atoms with van der Waals surface area (Å²) in [7, 11) is 1.35. The van der Waals surface area contributed by atoms with E-state index in [4.69, 9.17) is 20.8 Å². The second-order valence-electron chi connectivity index (χ2n) is 2.80. The van der Waals surface area contributed by atoms with Gasteiger partial charge in [-0.1, -0.05) is 6.07 Å². The van der Waals surface area contributed by atoms with Crippen LogP contribution in [-0.2, 0) is 6.54 Å². The van der Waals surface area contributed by atoms with Gasteiger partial charge in [-0.3, -0.25) is 0 Å². The lowest BCUT2D eigenvalue weighted by Crippen LogP contribution is -2.08. The van der Waals surface area contributed by atoms with E-state index in [0.29, 0.717) is 5.56 Å². The Balaban J connectivity index is 3.53. The Morgan fingerprint density at radius 2 is 2.33 bits per heavy atom. The van der Waals surface area contributed by atoms with Gasteiger partial charge in [0.2, 0.25) is 0 Å². The average molecular weight is 206 g/mol. The molecule has 1 aromatic rings. The van der Waals surface area contributed by atoms with Gasteiger partial charge in [0.1, 0.15) is 17.4 Å². The van der Waals surface area contributed by atoms with E-state index in [2.05, 4.69) is 0 Å². The molecule has 0 saturated carbocycles. The van der Waals surface area contributed by atoms with Gasteiger partial charge in [-0.25, -0.2) is 4.79 Å². The Morgan fingerprint density at radius 1 is 1.67 bits per heavy atom. The second-order valence-corrected chi connectivity index (χ2v) is 2.80. The summed E-state index contributed by atoms with van der Waals surface area (Å²) < 4.78 is 4.88. The Labute approximate surface area is 86.7 Å². The van der Waals surface area contributed by atoms with Gasteiger partial charge in [0.15, 0.2) is 0 Å². The minimum absolute atomic E-state index is 0.0596. The average Bonchev–Trinajstić information content (AvgIpc) is 2.26. The third kappa shape index (κ3) is 1.90. The Hall–Kier alpha value is -2.06. The summed E-state index contributed by atoms with van der Waals surface area (Å²) in [6, 6.07) is 4.91. The summed E-state index contributed by atoms with van der Waals surface area (Å²) >= 11 is 0. The Morgan fingerprint density at radius 3 is 2.73 bits per heavy atom. The first-order valence-corrected chi connectivity index (χ1v) is 4.19. The monoisotopic (exact) mass is 206 g/mol. The molecule has 0 aliphatic carbocycles. The van der Waals surface area contributed by atoms with Gasteiger partial charge in [0.05, 0.1) is 12.7 Å². The summed E-state index contributed by atoms with van der Waals surface area (Å²) in [5.41, 5.74) is 5.82. The maximum absolute atomic E-state index is 11.0. The summed E-state index contributed by atoms with van der Waals surface area (Å²) in [5.74, 6) is -1.03. The zero-order valence-electron chi connectivity index (χ0n) is 8.15. The highest BCUT2D eigenvalue weighted by Gasteiger charge is 2.19. The first-order chi connectivity index (χ1) is 7.15. The molecule has 5 nitrogen and oxygen atoms in total. The van der Waals surface area contributed by atoms with Crippen molar-refractivity contribution in [3.63, 3.8) is 0 Å². The second kappa shape index (κ2) is 4.44. The van der Waals surface area contributed by atoms with Gasteiger partial charge >= 0.3 is 5.97 Å². The molecule has 0 bridgehead atoms. The van der Waals surface area contributed by atoms with Crippen LogP contribution in [-0.4, -0.2) is 18.2 Å². The number of rotatable bonds is 3. The smallest absolute Gasteiger partial charge is 0.340 e. The van der Waals surface area contributed by atoms with Gasteiger partial charge in [-0.15, -0.1) is 0 Å². The van der Waals surface area contributed by atoms with Gasteiger partial charge in [0.25, 0.3) is 0 Å². The molecule has 78 valence electrons. The SMILES string of the molecule is COc1ccc(CN)c(C#N)c1C(=O)O. The van der Waals surface area contributed by atoms with Gasteiger partial charge in [-0.2, -0.15) is 5.26 Å². The standard InChI is InChI=1S/C10H10N2O3/c1-15-8-3-2-6(4-11)7(5-12)9(8)10(13)14/h2-3H,4,11H2,1H3,(H,13,14). The summed E-state index contributed by atoms with van der Waals surface area (Å²) in [4.78, 5) is 11.0. The van der Waals surface area contributed by atoms with Gasteiger partial charge in [-0.05, 0) is 11.6 Å². The van der Waals surface area contributed by atoms with Crippen LogP contribution in [0.5, 0.6) is 5.75 Å². The fourth-order valence-corrected chi connectivity index (χ4v) is 1.31. The number of carbonyl (C=O) groups is 1. The zero-order chi connectivity index (χ0) is 11.4. The van der Waals surface area contributed by atoms with Crippen molar-refractivity contribution in [2.24, 2.45) is 5.73 Å². The summed E-state index contributed by atoms with van der Waals surface area (Å²) in [6.07, 6.45) is 0. The number of benzene rings is 1. The number of carboxylic acid groups (broad SMARTS) is 1. The predicted molar refractivity (Wildman–Crippen MR) is 52.6 cm³/mol. The fraction of sp³-hybridized carbons (Fsp3) is 0.200. The zero-order valence-corrected chi connectivity index (χ0v) is 8.15. The number of methoxy groups -OCH3 is 1. The molecule has 0 spiro atoms. The van der Waals surface area contributed by atoms with E-state index in [-0.39, 0.29) is 23.4 Å². The lowest BCUT2D eigenvalue weighted by molar-refractivity contribution is 0.0693. The lowest BCUT2D eigenvalue weighted by atomic mass is 10.0. The molecule has 0 atom stereocenters. The van der Waals surface area contributed by atoms with Crippen LogP contribution < -0.4 is 10.5 Å². The molecule has 0 aliphatic heterocycles. The van der Waals surface area contributed by atoms with Gasteiger partial charge in [0, 0.05) is 6.54 Å². The van der Waals surface area contributed by atoms with E-state index < -0.39 is 5.97 Å². The van der Waals surface area contributed by atoms with E-state index >= 15 is 0 Å². The third-order valence-corrected chi connectivity index (χ3v) is 2.02. The van der Waals surface area contributed by atoms with Crippen molar-refractivity contribution < 1.29 is 14.6 Å². The minimum atomic E-state index is -1.20. The molecule has 0 aromatic heterocycles. The largest absolute Gasteiger partial charge is 0.496 e. The van der Waals surface area contributed by atoms with Crippen molar-refractivity contribution in [2.75, 3.05) is 7.11 Å². The van der Waals surface area contributed by atoms with Crippen LogP contribution >= 0.6 is 0 Å². The first kappa shape index (κ1) is 11.0. The van der Waals surface area contributed by atoms with Crippen molar-refractivity contribution in [3.8, 4) is 11.8 Å². The number of ether oxygens (including phenoxy) is 1. The molecule has 0 aliphatic rings. The highest BCUT2D eigenvalue weighted by atomic mass is 16.5. The predicted octanol–water partition coefficient (Wildman–Crippen LogP) is 0.724. The normalized spacial score (nSPS) is 9.40. The Bertz CT molecular complexity index is 435. The topological polar surface area (TPSA) is 96.3 Å². The maximum atomic E-state index is 11.0. The van der Waals surface area contributed by atoms with Crippen LogP contribution in [0.3, 0.4) is 0 Å². The van der Waals surface area contributed by atoms with Crippen molar-refractivity contribution in [1.82, 2.24) is 0 Å². The molecule has 0 radical (unpaired) electrons. The summed E-state index contributed by atoms with van der Waals surface area (Å²) in [6.45, 7) is 0.118. The van der Waals surface area contributed by atoms with Crippen LogP contribution in [0.1, 0.15) is 21.5 Å². The van der Waals surface area contributed by atoms with E-state index in [9.17, 15) is 4.79 Å². The van der Waals surface area contributed by atoms with Crippen molar-refractivity contribution in [2.45, 2.75) is 6.54 Å². The van der Waals surface area contributed by atoms with Crippen LogP contribution in [0.2, 0.25) is 0 Å². The van der Waals surface area contributed by atoms with E-state index in [1.54, 1.807) is 6.07 Å². The molecule has 0 amide bonds. The molecular weight excluding hydrogens is 196 g/mol. The highest BCUT2D eigenvalue weighted by molar-refractivity contribution is 5.94. The number of hydrogen-bond acceptors (Lipinski definition) is 4. The highest BCUT2D eigenvalue weighted by Crippen LogP contribution is 2.24. The van der Waals surface area contributed by atoms with E-state index in [1.807, 2.05) is 6.07 Å². The molecule has 0 saturated heterocycles.